The van der Waals surface area contributed by atoms with Crippen molar-refractivity contribution in [2.24, 2.45) is 5.73 Å². The maximum absolute atomic E-state index is 12.7. The summed E-state index contributed by atoms with van der Waals surface area (Å²) in [5.74, 6) is -1.17. The SMILES string of the molecule is CCOC(=O)c1sc(-c2ccccc2)cc1NC(=O)CN1CCCC[C@H]1C(N)=O. The number of carbonyl (C=O) groups excluding carboxylic acids is 3. The van der Waals surface area contributed by atoms with Crippen LogP contribution >= 0.6 is 11.3 Å². The van der Waals surface area contributed by atoms with Crippen molar-refractivity contribution in [3.63, 3.8) is 0 Å². The van der Waals surface area contributed by atoms with E-state index in [2.05, 4.69) is 5.32 Å². The fourth-order valence-electron chi connectivity index (χ4n) is 3.45. The van der Waals surface area contributed by atoms with Gasteiger partial charge >= 0.3 is 5.97 Å². The number of likely N-dealkylation sites (tertiary alicyclic amines) is 1. The summed E-state index contributed by atoms with van der Waals surface area (Å²) >= 11 is 1.28. The van der Waals surface area contributed by atoms with Crippen molar-refractivity contribution in [1.29, 1.82) is 0 Å². The number of thiophene rings is 1. The molecule has 2 amide bonds. The van der Waals surface area contributed by atoms with Crippen molar-refractivity contribution in [1.82, 2.24) is 4.90 Å². The first-order chi connectivity index (χ1) is 14.0. The number of benzene rings is 1. The summed E-state index contributed by atoms with van der Waals surface area (Å²) in [4.78, 5) is 39.7. The molecule has 1 aromatic heterocycles. The van der Waals surface area contributed by atoms with Gasteiger partial charge in [-0.25, -0.2) is 4.79 Å². The van der Waals surface area contributed by atoms with Crippen LogP contribution in [-0.4, -0.2) is 48.4 Å². The highest BCUT2D eigenvalue weighted by Gasteiger charge is 2.29. The monoisotopic (exact) mass is 415 g/mol. The fraction of sp³-hybridized carbons (Fsp3) is 0.381. The Morgan fingerprint density at radius 3 is 2.69 bits per heavy atom. The molecule has 2 aromatic rings. The van der Waals surface area contributed by atoms with E-state index in [0.29, 0.717) is 23.5 Å². The predicted octanol–water partition coefficient (Wildman–Crippen LogP) is 2.87. The summed E-state index contributed by atoms with van der Waals surface area (Å²) in [7, 11) is 0. The predicted molar refractivity (Wildman–Crippen MR) is 113 cm³/mol. The number of primary amides is 1. The van der Waals surface area contributed by atoms with Crippen LogP contribution in [0.4, 0.5) is 5.69 Å². The maximum Gasteiger partial charge on any atom is 0.350 e. The highest BCUT2D eigenvalue weighted by Crippen LogP contribution is 2.35. The molecule has 29 heavy (non-hydrogen) atoms. The van der Waals surface area contributed by atoms with E-state index in [1.165, 1.54) is 11.3 Å². The van der Waals surface area contributed by atoms with Crippen LogP contribution in [-0.2, 0) is 14.3 Å². The number of piperidine rings is 1. The summed E-state index contributed by atoms with van der Waals surface area (Å²) in [5, 5.41) is 2.82. The molecular formula is C21H25N3O4S. The molecule has 2 heterocycles. The molecule has 0 aliphatic carbocycles. The average Bonchev–Trinajstić information content (AvgIpc) is 3.13. The van der Waals surface area contributed by atoms with Gasteiger partial charge in [-0.15, -0.1) is 11.3 Å². The summed E-state index contributed by atoms with van der Waals surface area (Å²) in [6, 6.07) is 11.0. The Kier molecular flexibility index (Phi) is 7.00. The highest BCUT2D eigenvalue weighted by atomic mass is 32.1. The minimum Gasteiger partial charge on any atom is -0.462 e. The number of carbonyl (C=O) groups is 3. The van der Waals surface area contributed by atoms with Crippen LogP contribution in [0.2, 0.25) is 0 Å². The number of hydrogen-bond acceptors (Lipinski definition) is 6. The van der Waals surface area contributed by atoms with Crippen LogP contribution in [0.5, 0.6) is 0 Å². The van der Waals surface area contributed by atoms with Gasteiger partial charge in [0.1, 0.15) is 4.88 Å². The molecule has 3 N–H and O–H groups in total. The van der Waals surface area contributed by atoms with E-state index in [9.17, 15) is 14.4 Å². The molecule has 7 nitrogen and oxygen atoms in total. The molecule has 0 saturated carbocycles. The molecule has 0 spiro atoms. The standard InChI is InChI=1S/C21H25N3O4S/c1-2-28-21(27)19-15(12-17(29-19)14-8-4-3-5-9-14)23-18(25)13-24-11-7-6-10-16(24)20(22)26/h3-5,8-9,12,16H,2,6-7,10-11,13H2,1H3,(H2,22,26)(H,23,25)/t16-/m0/s1. The van der Waals surface area contributed by atoms with Crippen LogP contribution in [0.25, 0.3) is 10.4 Å². The lowest BCUT2D eigenvalue weighted by Crippen LogP contribution is -2.50. The average molecular weight is 416 g/mol. The molecule has 0 unspecified atom stereocenters. The lowest BCUT2D eigenvalue weighted by Gasteiger charge is -2.32. The summed E-state index contributed by atoms with van der Waals surface area (Å²) < 4.78 is 5.15. The number of rotatable bonds is 7. The third kappa shape index (κ3) is 5.21. The molecule has 1 saturated heterocycles. The molecule has 1 aromatic carbocycles. The molecule has 0 bridgehead atoms. The Morgan fingerprint density at radius 2 is 2.00 bits per heavy atom. The number of anilines is 1. The van der Waals surface area contributed by atoms with E-state index in [4.69, 9.17) is 10.5 Å². The van der Waals surface area contributed by atoms with E-state index in [1.54, 1.807) is 17.9 Å². The van der Waals surface area contributed by atoms with Crippen LogP contribution < -0.4 is 11.1 Å². The van der Waals surface area contributed by atoms with Gasteiger partial charge in [-0.3, -0.25) is 14.5 Å². The van der Waals surface area contributed by atoms with Crippen molar-refractivity contribution in [3.05, 3.63) is 41.3 Å². The van der Waals surface area contributed by atoms with Crippen LogP contribution in [0.15, 0.2) is 36.4 Å². The van der Waals surface area contributed by atoms with Crippen molar-refractivity contribution in [2.45, 2.75) is 32.2 Å². The van der Waals surface area contributed by atoms with Crippen molar-refractivity contribution in [3.8, 4) is 10.4 Å². The molecule has 8 heteroatoms. The van der Waals surface area contributed by atoms with E-state index in [0.717, 1.165) is 23.3 Å². The van der Waals surface area contributed by atoms with Gasteiger partial charge in [0.25, 0.3) is 0 Å². The summed E-state index contributed by atoms with van der Waals surface area (Å²) in [6.45, 7) is 2.68. The van der Waals surface area contributed by atoms with Gasteiger partial charge < -0.3 is 15.8 Å². The Morgan fingerprint density at radius 1 is 1.24 bits per heavy atom. The molecule has 3 rings (SSSR count). The van der Waals surface area contributed by atoms with Gasteiger partial charge in [-0.2, -0.15) is 0 Å². The third-order valence-corrected chi connectivity index (χ3v) is 5.98. The first kappa shape index (κ1) is 21.0. The topological polar surface area (TPSA) is 102 Å². The highest BCUT2D eigenvalue weighted by molar-refractivity contribution is 7.18. The second-order valence-corrected chi connectivity index (χ2v) is 7.92. The van der Waals surface area contributed by atoms with E-state index < -0.39 is 17.9 Å². The van der Waals surface area contributed by atoms with Crippen LogP contribution in [0.3, 0.4) is 0 Å². The molecule has 1 atom stereocenters. The van der Waals surface area contributed by atoms with Crippen molar-refractivity contribution in [2.75, 3.05) is 25.0 Å². The van der Waals surface area contributed by atoms with E-state index in [1.807, 2.05) is 30.3 Å². The first-order valence-electron chi connectivity index (χ1n) is 9.69. The molecule has 154 valence electrons. The first-order valence-corrected chi connectivity index (χ1v) is 10.5. The van der Waals surface area contributed by atoms with Crippen LogP contribution in [0.1, 0.15) is 35.9 Å². The van der Waals surface area contributed by atoms with Gasteiger partial charge in [0.15, 0.2) is 0 Å². The largest absolute Gasteiger partial charge is 0.462 e. The van der Waals surface area contributed by atoms with E-state index in [-0.39, 0.29) is 19.1 Å². The Labute approximate surface area is 173 Å². The number of esters is 1. The second kappa shape index (κ2) is 9.67. The Bertz CT molecular complexity index is 881. The van der Waals surface area contributed by atoms with Gasteiger partial charge in [0.2, 0.25) is 11.8 Å². The quantitative estimate of drug-likeness (QED) is 0.677. The number of hydrogen-bond donors (Lipinski definition) is 2. The van der Waals surface area contributed by atoms with Gasteiger partial charge in [0.05, 0.1) is 24.9 Å². The zero-order valence-corrected chi connectivity index (χ0v) is 17.2. The zero-order chi connectivity index (χ0) is 20.8. The van der Waals surface area contributed by atoms with E-state index >= 15 is 0 Å². The molecule has 0 radical (unpaired) electrons. The van der Waals surface area contributed by atoms with Crippen LogP contribution in [0, 0.1) is 0 Å². The molecule has 1 aliphatic heterocycles. The molecule has 1 aliphatic rings. The van der Waals surface area contributed by atoms with Gasteiger partial charge in [-0.1, -0.05) is 36.8 Å². The fourth-order valence-corrected chi connectivity index (χ4v) is 4.47. The van der Waals surface area contributed by atoms with Crippen molar-refractivity contribution >= 4 is 34.8 Å². The summed E-state index contributed by atoms with van der Waals surface area (Å²) in [6.07, 6.45) is 2.50. The number of amides is 2. The lowest BCUT2D eigenvalue weighted by molar-refractivity contribution is -0.126. The smallest absolute Gasteiger partial charge is 0.350 e. The number of nitrogens with zero attached hydrogens (tertiary/aromatic N) is 1. The maximum atomic E-state index is 12.7. The van der Waals surface area contributed by atoms with Gasteiger partial charge in [0, 0.05) is 4.88 Å². The minimum absolute atomic E-state index is 0.0480. The number of ether oxygens (including phenoxy) is 1. The Hall–Kier alpha value is -2.71. The number of nitrogens with one attached hydrogen (secondary N) is 1. The van der Waals surface area contributed by atoms with Gasteiger partial charge in [-0.05, 0) is 37.9 Å². The minimum atomic E-state index is -0.469. The normalized spacial score (nSPS) is 16.9. The third-order valence-electron chi connectivity index (χ3n) is 4.81. The Balaban J connectivity index is 1.79. The second-order valence-electron chi connectivity index (χ2n) is 6.87. The lowest BCUT2D eigenvalue weighted by atomic mass is 10.0. The molecule has 1 fully saturated rings. The molecular weight excluding hydrogens is 390 g/mol. The number of nitrogens with two attached hydrogens (primary N) is 1. The zero-order valence-electron chi connectivity index (χ0n) is 16.3. The summed E-state index contributed by atoms with van der Waals surface area (Å²) in [5.41, 5.74) is 6.85. The van der Waals surface area contributed by atoms with Crippen molar-refractivity contribution < 1.29 is 19.1 Å².